The number of para-hydroxylation sites is 1. The van der Waals surface area contributed by atoms with Gasteiger partial charge in [0.1, 0.15) is 11.6 Å². The van der Waals surface area contributed by atoms with Gasteiger partial charge in [-0.3, -0.25) is 4.79 Å². The first kappa shape index (κ1) is 19.9. The predicted octanol–water partition coefficient (Wildman–Crippen LogP) is 3.48. The summed E-state index contributed by atoms with van der Waals surface area (Å²) in [6.45, 7) is 4.90. The number of carbonyl (C=O) groups excluding carboxylic acids is 1. The van der Waals surface area contributed by atoms with Crippen molar-refractivity contribution in [3.8, 4) is 5.75 Å². The topological polar surface area (TPSA) is 50.4 Å². The van der Waals surface area contributed by atoms with Crippen molar-refractivity contribution >= 4 is 5.91 Å². The van der Waals surface area contributed by atoms with Crippen molar-refractivity contribution < 1.29 is 13.9 Å². The molecule has 26 heavy (non-hydrogen) atoms. The zero-order valence-electron chi connectivity index (χ0n) is 15.6. The lowest BCUT2D eigenvalue weighted by Crippen LogP contribution is -2.38. The zero-order valence-corrected chi connectivity index (χ0v) is 15.6. The quantitative estimate of drug-likeness (QED) is 0.722. The van der Waals surface area contributed by atoms with E-state index < -0.39 is 0 Å². The number of hydrogen-bond acceptors (Lipinski definition) is 3. The number of hydrogen-bond donors (Lipinski definition) is 2. The molecule has 140 valence electrons. The third-order valence-corrected chi connectivity index (χ3v) is 4.29. The van der Waals surface area contributed by atoms with Crippen LogP contribution in [0.5, 0.6) is 5.75 Å². The molecule has 0 aliphatic rings. The van der Waals surface area contributed by atoms with Crippen molar-refractivity contribution in [3.63, 3.8) is 0 Å². The number of ether oxygens (including phenoxy) is 1. The molecular weight excluding hydrogens is 331 g/mol. The first-order chi connectivity index (χ1) is 12.5. The van der Waals surface area contributed by atoms with Gasteiger partial charge in [0.2, 0.25) is 5.91 Å². The van der Waals surface area contributed by atoms with E-state index >= 15 is 0 Å². The molecule has 0 fully saturated rings. The molecule has 0 saturated carbocycles. The van der Waals surface area contributed by atoms with Crippen molar-refractivity contribution in [1.29, 1.82) is 0 Å². The number of rotatable bonds is 9. The number of carbonyl (C=O) groups is 1. The molecule has 0 heterocycles. The van der Waals surface area contributed by atoms with Crippen LogP contribution in [-0.4, -0.2) is 26.1 Å². The Labute approximate surface area is 154 Å². The lowest BCUT2D eigenvalue weighted by molar-refractivity contribution is -0.120. The van der Waals surface area contributed by atoms with Gasteiger partial charge in [-0.1, -0.05) is 44.2 Å². The second-order valence-electron chi connectivity index (χ2n) is 6.57. The minimum Gasteiger partial charge on any atom is -0.496 e. The molecule has 0 aromatic heterocycles. The van der Waals surface area contributed by atoms with E-state index in [2.05, 4.69) is 24.5 Å². The molecule has 5 heteroatoms. The Morgan fingerprint density at radius 1 is 1.12 bits per heavy atom. The summed E-state index contributed by atoms with van der Waals surface area (Å²) in [4.78, 5) is 12.1. The first-order valence-electron chi connectivity index (χ1n) is 8.88. The van der Waals surface area contributed by atoms with E-state index in [1.807, 2.05) is 24.3 Å². The van der Waals surface area contributed by atoms with Crippen LogP contribution in [-0.2, 0) is 11.2 Å². The lowest BCUT2D eigenvalue weighted by Gasteiger charge is -2.23. The van der Waals surface area contributed by atoms with Gasteiger partial charge in [-0.15, -0.1) is 0 Å². The van der Waals surface area contributed by atoms with Gasteiger partial charge in [0, 0.05) is 12.6 Å². The molecule has 0 spiro atoms. The predicted molar refractivity (Wildman–Crippen MR) is 102 cm³/mol. The van der Waals surface area contributed by atoms with Gasteiger partial charge in [0.25, 0.3) is 0 Å². The summed E-state index contributed by atoms with van der Waals surface area (Å²) in [6, 6.07) is 14.2. The number of benzene rings is 2. The van der Waals surface area contributed by atoms with Gasteiger partial charge in [-0.25, -0.2) is 4.39 Å². The minimum atomic E-state index is -0.259. The van der Waals surface area contributed by atoms with E-state index in [1.54, 1.807) is 19.2 Å². The average molecular weight is 358 g/mol. The SMILES string of the molecule is COc1ccccc1CCNC(=O)CN[C@@H](c1ccc(F)cc1)C(C)C. The smallest absolute Gasteiger partial charge is 0.233 e. The summed E-state index contributed by atoms with van der Waals surface area (Å²) in [5.74, 6) is 0.788. The molecule has 0 unspecified atom stereocenters. The third-order valence-electron chi connectivity index (χ3n) is 4.29. The van der Waals surface area contributed by atoms with E-state index in [0.717, 1.165) is 16.9 Å². The van der Waals surface area contributed by atoms with E-state index in [1.165, 1.54) is 12.1 Å². The fourth-order valence-corrected chi connectivity index (χ4v) is 2.92. The number of halogens is 1. The summed E-state index contributed by atoms with van der Waals surface area (Å²) in [5.41, 5.74) is 2.04. The van der Waals surface area contributed by atoms with Crippen LogP contribution >= 0.6 is 0 Å². The monoisotopic (exact) mass is 358 g/mol. The lowest BCUT2D eigenvalue weighted by atomic mass is 9.96. The van der Waals surface area contributed by atoms with E-state index in [0.29, 0.717) is 13.0 Å². The molecule has 0 aliphatic carbocycles. The highest BCUT2D eigenvalue weighted by molar-refractivity contribution is 5.78. The van der Waals surface area contributed by atoms with Gasteiger partial charge in [-0.05, 0) is 41.7 Å². The molecule has 1 atom stereocenters. The summed E-state index contributed by atoms with van der Waals surface area (Å²) in [6.07, 6.45) is 0.710. The van der Waals surface area contributed by atoms with Crippen LogP contribution in [0.1, 0.15) is 31.0 Å². The molecule has 2 rings (SSSR count). The number of amides is 1. The Morgan fingerprint density at radius 2 is 1.81 bits per heavy atom. The molecular formula is C21H27FN2O2. The molecule has 1 amide bonds. The van der Waals surface area contributed by atoms with Crippen molar-refractivity contribution in [3.05, 3.63) is 65.5 Å². The van der Waals surface area contributed by atoms with Crippen LogP contribution in [0.15, 0.2) is 48.5 Å². The third kappa shape index (κ3) is 5.85. The molecule has 2 N–H and O–H groups in total. The maximum Gasteiger partial charge on any atom is 0.233 e. The van der Waals surface area contributed by atoms with Crippen LogP contribution in [0, 0.1) is 11.7 Å². The molecule has 0 aliphatic heterocycles. The maximum atomic E-state index is 13.1. The van der Waals surface area contributed by atoms with Gasteiger partial charge in [0.05, 0.1) is 13.7 Å². The van der Waals surface area contributed by atoms with Gasteiger partial charge >= 0.3 is 0 Å². The molecule has 2 aromatic rings. The summed E-state index contributed by atoms with van der Waals surface area (Å²) < 4.78 is 18.4. The fraction of sp³-hybridized carbons (Fsp3) is 0.381. The standard InChI is InChI=1S/C21H27FN2O2/c1-15(2)21(17-8-10-18(22)11-9-17)24-14-20(25)23-13-12-16-6-4-5-7-19(16)26-3/h4-11,15,21,24H,12-14H2,1-3H3,(H,23,25)/t21-/m1/s1. The average Bonchev–Trinajstić information content (AvgIpc) is 2.63. The molecule has 4 nitrogen and oxygen atoms in total. The number of methoxy groups -OCH3 is 1. The molecule has 2 aromatic carbocycles. The molecule has 0 bridgehead atoms. The van der Waals surface area contributed by atoms with Gasteiger partial charge in [0.15, 0.2) is 0 Å². The normalized spacial score (nSPS) is 12.0. The highest BCUT2D eigenvalue weighted by atomic mass is 19.1. The van der Waals surface area contributed by atoms with Gasteiger partial charge < -0.3 is 15.4 Å². The van der Waals surface area contributed by atoms with Crippen LogP contribution in [0.25, 0.3) is 0 Å². The Morgan fingerprint density at radius 3 is 2.46 bits per heavy atom. The van der Waals surface area contributed by atoms with Crippen LogP contribution in [0.4, 0.5) is 4.39 Å². The summed E-state index contributed by atoms with van der Waals surface area (Å²) >= 11 is 0. The Kier molecular flexibility index (Phi) is 7.60. The van der Waals surface area contributed by atoms with Crippen molar-refractivity contribution in [2.45, 2.75) is 26.3 Å². The summed E-state index contributed by atoms with van der Waals surface area (Å²) in [5, 5.41) is 6.19. The molecule has 0 radical (unpaired) electrons. The number of nitrogens with one attached hydrogen (secondary N) is 2. The Bertz CT molecular complexity index is 701. The van der Waals surface area contributed by atoms with Crippen molar-refractivity contribution in [2.24, 2.45) is 5.92 Å². The Balaban J connectivity index is 1.82. The fourth-order valence-electron chi connectivity index (χ4n) is 2.92. The van der Waals surface area contributed by atoms with Crippen LogP contribution in [0.3, 0.4) is 0 Å². The second kappa shape index (κ2) is 9.92. The maximum absolute atomic E-state index is 13.1. The molecule has 0 saturated heterocycles. The zero-order chi connectivity index (χ0) is 18.9. The van der Waals surface area contributed by atoms with E-state index in [4.69, 9.17) is 4.74 Å². The summed E-state index contributed by atoms with van der Waals surface area (Å²) in [7, 11) is 1.64. The van der Waals surface area contributed by atoms with Crippen molar-refractivity contribution in [1.82, 2.24) is 10.6 Å². The van der Waals surface area contributed by atoms with Crippen LogP contribution < -0.4 is 15.4 Å². The minimum absolute atomic E-state index is 0.00410. The highest BCUT2D eigenvalue weighted by Gasteiger charge is 2.16. The highest BCUT2D eigenvalue weighted by Crippen LogP contribution is 2.21. The Hall–Kier alpha value is -2.40. The van der Waals surface area contributed by atoms with Crippen LogP contribution in [0.2, 0.25) is 0 Å². The first-order valence-corrected chi connectivity index (χ1v) is 8.88. The van der Waals surface area contributed by atoms with Gasteiger partial charge in [-0.2, -0.15) is 0 Å². The largest absolute Gasteiger partial charge is 0.496 e. The van der Waals surface area contributed by atoms with E-state index in [9.17, 15) is 9.18 Å². The second-order valence-corrected chi connectivity index (χ2v) is 6.57. The van der Waals surface area contributed by atoms with E-state index in [-0.39, 0.29) is 30.2 Å². The van der Waals surface area contributed by atoms with Crippen molar-refractivity contribution in [2.75, 3.05) is 20.2 Å².